The van der Waals surface area contributed by atoms with Gasteiger partial charge in [0.1, 0.15) is 10.8 Å². The summed E-state index contributed by atoms with van der Waals surface area (Å²) in [5, 5.41) is 0.941. The summed E-state index contributed by atoms with van der Waals surface area (Å²) >= 11 is 1.65. The molecule has 0 N–H and O–H groups in total. The van der Waals surface area contributed by atoms with Gasteiger partial charge in [-0.1, -0.05) is 30.0 Å². The third-order valence-corrected chi connectivity index (χ3v) is 6.05. The fourth-order valence-electron chi connectivity index (χ4n) is 3.74. The van der Waals surface area contributed by atoms with Crippen molar-refractivity contribution in [1.82, 2.24) is 9.97 Å². The van der Waals surface area contributed by atoms with Crippen LogP contribution in [-0.2, 0) is 4.74 Å². The lowest BCUT2D eigenvalue weighted by atomic mass is 9.77. The smallest absolute Gasteiger partial charge is 0.147 e. The number of benzene rings is 1. The maximum Gasteiger partial charge on any atom is 0.147 e. The molecule has 0 radical (unpaired) electrons. The van der Waals surface area contributed by atoms with E-state index < -0.39 is 0 Å². The first-order valence-corrected chi connectivity index (χ1v) is 9.46. The molecule has 0 saturated carbocycles. The van der Waals surface area contributed by atoms with E-state index in [1.807, 2.05) is 30.6 Å². The lowest BCUT2D eigenvalue weighted by Crippen LogP contribution is -2.41. The van der Waals surface area contributed by atoms with Gasteiger partial charge < -0.3 is 9.64 Å². The molecule has 5 heteroatoms. The van der Waals surface area contributed by atoms with Gasteiger partial charge in [0.2, 0.25) is 0 Å². The van der Waals surface area contributed by atoms with Gasteiger partial charge in [-0.3, -0.25) is 0 Å². The first kappa shape index (κ1) is 15.9. The summed E-state index contributed by atoms with van der Waals surface area (Å²) in [6.45, 7) is 5.22. The van der Waals surface area contributed by atoms with Gasteiger partial charge in [0.15, 0.2) is 0 Å². The second-order valence-corrected chi connectivity index (χ2v) is 8.03. The molecule has 0 amide bonds. The van der Waals surface area contributed by atoms with Crippen LogP contribution in [0.2, 0.25) is 0 Å². The van der Waals surface area contributed by atoms with Crippen molar-refractivity contribution in [2.75, 3.05) is 24.6 Å². The monoisotopic (exact) mass is 341 g/mol. The molecular formula is C19H23N3OS. The summed E-state index contributed by atoms with van der Waals surface area (Å²) in [7, 11) is 0. The number of hydrogen-bond donors (Lipinski definition) is 0. The van der Waals surface area contributed by atoms with Crippen LogP contribution in [0.5, 0.6) is 0 Å². The molecule has 126 valence electrons. The maximum absolute atomic E-state index is 5.81. The van der Waals surface area contributed by atoms with E-state index in [0.717, 1.165) is 30.5 Å². The fourth-order valence-corrected chi connectivity index (χ4v) is 4.49. The summed E-state index contributed by atoms with van der Waals surface area (Å²) < 4.78 is 5.81. The Bertz CT molecular complexity index is 669. The van der Waals surface area contributed by atoms with Gasteiger partial charge in [0, 0.05) is 18.0 Å². The van der Waals surface area contributed by atoms with Crippen molar-refractivity contribution in [3.05, 3.63) is 42.7 Å². The normalized spacial score (nSPS) is 22.9. The Morgan fingerprint density at radius 2 is 1.92 bits per heavy atom. The van der Waals surface area contributed by atoms with Gasteiger partial charge >= 0.3 is 0 Å². The van der Waals surface area contributed by atoms with Gasteiger partial charge in [0.25, 0.3) is 0 Å². The second kappa shape index (κ2) is 6.73. The Morgan fingerprint density at radius 1 is 1.12 bits per heavy atom. The summed E-state index contributed by atoms with van der Waals surface area (Å²) in [4.78, 5) is 12.8. The van der Waals surface area contributed by atoms with Crippen LogP contribution in [0.4, 0.5) is 5.82 Å². The molecule has 0 bridgehead atoms. The average molecular weight is 341 g/mol. The Labute approximate surface area is 147 Å². The molecule has 2 aromatic rings. The first-order valence-electron chi connectivity index (χ1n) is 8.64. The molecule has 1 aromatic heterocycles. The molecule has 1 spiro atoms. The molecule has 2 saturated heterocycles. The zero-order chi connectivity index (χ0) is 16.4. The van der Waals surface area contributed by atoms with E-state index in [0.29, 0.717) is 11.5 Å². The van der Waals surface area contributed by atoms with E-state index in [1.54, 1.807) is 11.8 Å². The third-order valence-electron chi connectivity index (χ3n) is 5.12. The molecule has 2 fully saturated rings. The van der Waals surface area contributed by atoms with Crippen molar-refractivity contribution < 1.29 is 4.74 Å². The minimum absolute atomic E-state index is 0.409. The summed E-state index contributed by atoms with van der Waals surface area (Å²) in [5.41, 5.74) is 0.409. The van der Waals surface area contributed by atoms with E-state index in [4.69, 9.17) is 4.74 Å². The molecule has 3 heterocycles. The lowest BCUT2D eigenvalue weighted by Gasteiger charge is -2.38. The van der Waals surface area contributed by atoms with Crippen LogP contribution in [0.3, 0.4) is 0 Å². The number of rotatable bonds is 3. The van der Waals surface area contributed by atoms with E-state index in [9.17, 15) is 0 Å². The zero-order valence-corrected chi connectivity index (χ0v) is 14.8. The minimum Gasteiger partial charge on any atom is -0.378 e. The number of hydrogen-bond acceptors (Lipinski definition) is 5. The number of aromatic nitrogens is 2. The van der Waals surface area contributed by atoms with Gasteiger partial charge in [-0.25, -0.2) is 9.97 Å². The molecule has 4 nitrogen and oxygen atoms in total. The van der Waals surface area contributed by atoms with Crippen molar-refractivity contribution in [3.63, 3.8) is 0 Å². The van der Waals surface area contributed by atoms with Crippen LogP contribution in [-0.4, -0.2) is 35.8 Å². The highest BCUT2D eigenvalue weighted by molar-refractivity contribution is 7.99. The average Bonchev–Trinajstić information content (AvgIpc) is 2.98. The van der Waals surface area contributed by atoms with Crippen LogP contribution in [0.25, 0.3) is 0 Å². The van der Waals surface area contributed by atoms with Gasteiger partial charge in [0.05, 0.1) is 25.1 Å². The number of nitrogens with zero attached hydrogens (tertiary/aromatic N) is 3. The first-order chi connectivity index (χ1) is 11.7. The van der Waals surface area contributed by atoms with Crippen molar-refractivity contribution in [2.45, 2.75) is 42.2 Å². The van der Waals surface area contributed by atoms with Crippen LogP contribution >= 0.6 is 11.8 Å². The Hall–Kier alpha value is -1.59. The Morgan fingerprint density at radius 3 is 2.54 bits per heavy atom. The van der Waals surface area contributed by atoms with E-state index in [1.165, 1.54) is 24.2 Å². The molecule has 4 rings (SSSR count). The minimum atomic E-state index is 0.409. The van der Waals surface area contributed by atoms with Gasteiger partial charge in [-0.15, -0.1) is 0 Å². The second-order valence-electron chi connectivity index (χ2n) is 6.94. The van der Waals surface area contributed by atoms with Crippen LogP contribution < -0.4 is 4.90 Å². The Kier molecular flexibility index (Phi) is 4.46. The van der Waals surface area contributed by atoms with Crippen molar-refractivity contribution in [1.29, 1.82) is 0 Å². The van der Waals surface area contributed by atoms with Crippen LogP contribution in [0.15, 0.2) is 52.6 Å². The number of piperidine rings is 1. The summed E-state index contributed by atoms with van der Waals surface area (Å²) in [5.74, 6) is 0.995. The number of ether oxygens (including phenoxy) is 1. The topological polar surface area (TPSA) is 38.2 Å². The predicted molar refractivity (Wildman–Crippen MR) is 96.5 cm³/mol. The van der Waals surface area contributed by atoms with E-state index >= 15 is 0 Å². The molecule has 24 heavy (non-hydrogen) atoms. The van der Waals surface area contributed by atoms with Crippen molar-refractivity contribution >= 4 is 17.6 Å². The SMILES string of the molecule is C[C@H]1CC2(CCN(c3cnc(Sc4ccccc4)cn3)CC2)CO1. The third kappa shape index (κ3) is 3.42. The van der Waals surface area contributed by atoms with Gasteiger partial charge in [-0.2, -0.15) is 0 Å². The van der Waals surface area contributed by atoms with E-state index in [2.05, 4.69) is 33.9 Å². The molecule has 2 aliphatic heterocycles. The van der Waals surface area contributed by atoms with E-state index in [-0.39, 0.29) is 0 Å². The number of anilines is 1. The molecule has 2 aliphatic rings. The quantitative estimate of drug-likeness (QED) is 0.843. The lowest BCUT2D eigenvalue weighted by molar-refractivity contribution is 0.0976. The molecule has 1 aromatic carbocycles. The zero-order valence-electron chi connectivity index (χ0n) is 14.0. The highest BCUT2D eigenvalue weighted by Gasteiger charge is 2.41. The van der Waals surface area contributed by atoms with Crippen LogP contribution in [0.1, 0.15) is 26.2 Å². The molecule has 0 aliphatic carbocycles. The maximum atomic E-state index is 5.81. The van der Waals surface area contributed by atoms with Crippen molar-refractivity contribution in [2.24, 2.45) is 5.41 Å². The standard InChI is InChI=1S/C19H23N3OS/c1-15-11-19(14-23-15)7-9-22(10-8-19)17-12-21-18(13-20-17)24-16-5-3-2-4-6-16/h2-6,12-13,15H,7-11,14H2,1H3/t15-/m0/s1. The Balaban J connectivity index is 1.37. The molecule has 1 atom stereocenters. The summed E-state index contributed by atoms with van der Waals surface area (Å²) in [6.07, 6.45) is 7.82. The largest absolute Gasteiger partial charge is 0.378 e. The predicted octanol–water partition coefficient (Wildman–Crippen LogP) is 4.02. The van der Waals surface area contributed by atoms with Crippen LogP contribution in [0, 0.1) is 5.41 Å². The molecule has 0 unspecified atom stereocenters. The summed E-state index contributed by atoms with van der Waals surface area (Å²) in [6, 6.07) is 10.3. The van der Waals surface area contributed by atoms with Crippen molar-refractivity contribution in [3.8, 4) is 0 Å². The highest BCUT2D eigenvalue weighted by Crippen LogP contribution is 2.42. The fraction of sp³-hybridized carbons (Fsp3) is 0.474. The van der Waals surface area contributed by atoms with Gasteiger partial charge in [-0.05, 0) is 43.7 Å². The molecular weight excluding hydrogens is 318 g/mol. The highest BCUT2D eigenvalue weighted by atomic mass is 32.2.